The molecule has 0 saturated carbocycles. The van der Waals surface area contributed by atoms with Crippen molar-refractivity contribution >= 4 is 11.8 Å². The molecular weight excluding hydrogens is 414 g/mol. The number of aliphatic hydroxyl groups excluding tert-OH is 1. The Morgan fingerprint density at radius 2 is 1.70 bits per heavy atom. The number of hydrogen-bond acceptors (Lipinski definition) is 4. The molecule has 0 unspecified atom stereocenters. The highest BCUT2D eigenvalue weighted by atomic mass is 16.3. The molecule has 0 heterocycles. The van der Waals surface area contributed by atoms with Crippen LogP contribution in [0.3, 0.4) is 0 Å². The van der Waals surface area contributed by atoms with Crippen molar-refractivity contribution < 1.29 is 14.7 Å². The van der Waals surface area contributed by atoms with E-state index in [4.69, 9.17) is 6.42 Å². The van der Waals surface area contributed by atoms with E-state index in [-0.39, 0.29) is 18.4 Å². The van der Waals surface area contributed by atoms with E-state index >= 15 is 0 Å². The lowest BCUT2D eigenvalue weighted by atomic mass is 10.00. The summed E-state index contributed by atoms with van der Waals surface area (Å²) in [5.41, 5.74) is 1.87. The van der Waals surface area contributed by atoms with E-state index in [1.807, 2.05) is 49.1 Å². The standard InChI is InChI=1S/C27H35N3O3/c1-4-15-28-20-25(31)24(18-21-11-8-7-9-12-21)29-26(32)22-13-10-14-23(19-22)27(33)30(16-5-2)17-6-3/h1,7-14,19,24-25,28,31H,5-6,15-18,20H2,2-3H3,(H,29,32)/t24-,25+/m0/s1. The summed E-state index contributed by atoms with van der Waals surface area (Å²) < 4.78 is 0. The molecule has 0 aliphatic rings. The molecule has 0 spiro atoms. The number of hydrogen-bond donors (Lipinski definition) is 3. The lowest BCUT2D eigenvalue weighted by molar-refractivity contribution is 0.0755. The van der Waals surface area contributed by atoms with Crippen molar-refractivity contribution in [1.29, 1.82) is 0 Å². The van der Waals surface area contributed by atoms with E-state index in [1.165, 1.54) is 0 Å². The zero-order valence-electron chi connectivity index (χ0n) is 19.6. The quantitative estimate of drug-likeness (QED) is 0.324. The summed E-state index contributed by atoms with van der Waals surface area (Å²) >= 11 is 0. The number of terminal acetylenes is 1. The van der Waals surface area contributed by atoms with Crippen molar-refractivity contribution in [3.05, 3.63) is 71.3 Å². The van der Waals surface area contributed by atoms with Crippen LogP contribution < -0.4 is 10.6 Å². The van der Waals surface area contributed by atoms with Gasteiger partial charge in [-0.3, -0.25) is 9.59 Å². The fourth-order valence-corrected chi connectivity index (χ4v) is 3.67. The van der Waals surface area contributed by atoms with Gasteiger partial charge in [-0.25, -0.2) is 0 Å². The van der Waals surface area contributed by atoms with Gasteiger partial charge in [-0.2, -0.15) is 0 Å². The Morgan fingerprint density at radius 3 is 2.33 bits per heavy atom. The molecule has 0 bridgehead atoms. The summed E-state index contributed by atoms with van der Waals surface area (Å²) in [7, 11) is 0. The number of carbonyl (C=O) groups excluding carboxylic acids is 2. The summed E-state index contributed by atoms with van der Waals surface area (Å²) in [6, 6.07) is 15.9. The van der Waals surface area contributed by atoms with Crippen LogP contribution in [0, 0.1) is 12.3 Å². The van der Waals surface area contributed by atoms with Crippen LogP contribution in [0.1, 0.15) is 53.0 Å². The van der Waals surface area contributed by atoms with Crippen LogP contribution in [0.5, 0.6) is 0 Å². The molecule has 0 radical (unpaired) electrons. The molecule has 0 fully saturated rings. The van der Waals surface area contributed by atoms with E-state index in [0.29, 0.717) is 37.2 Å². The fourth-order valence-electron chi connectivity index (χ4n) is 3.67. The zero-order valence-corrected chi connectivity index (χ0v) is 19.6. The van der Waals surface area contributed by atoms with Gasteiger partial charge in [-0.1, -0.05) is 56.2 Å². The summed E-state index contributed by atoms with van der Waals surface area (Å²) in [4.78, 5) is 27.8. The number of nitrogens with zero attached hydrogens (tertiary/aromatic N) is 1. The molecular formula is C27H35N3O3. The van der Waals surface area contributed by atoms with Gasteiger partial charge in [-0.05, 0) is 43.0 Å². The Bertz CT molecular complexity index is 918. The predicted octanol–water partition coefficient (Wildman–Crippen LogP) is 2.87. The van der Waals surface area contributed by atoms with Crippen LogP contribution in [0.4, 0.5) is 0 Å². The van der Waals surface area contributed by atoms with Crippen LogP contribution in [0.15, 0.2) is 54.6 Å². The number of rotatable bonds is 13. The maximum Gasteiger partial charge on any atom is 0.253 e. The first kappa shape index (κ1) is 26.1. The molecule has 2 aromatic rings. The van der Waals surface area contributed by atoms with Gasteiger partial charge >= 0.3 is 0 Å². The van der Waals surface area contributed by atoms with Crippen molar-refractivity contribution in [3.8, 4) is 12.3 Å². The first-order valence-corrected chi connectivity index (χ1v) is 11.6. The number of carbonyl (C=O) groups is 2. The Kier molecular flexibility index (Phi) is 11.2. The van der Waals surface area contributed by atoms with E-state index in [2.05, 4.69) is 16.6 Å². The van der Waals surface area contributed by atoms with Gasteiger partial charge in [0.2, 0.25) is 0 Å². The average molecular weight is 450 g/mol. The normalized spacial score (nSPS) is 12.4. The third kappa shape index (κ3) is 8.38. The summed E-state index contributed by atoms with van der Waals surface area (Å²) in [6.45, 7) is 6.02. The maximum atomic E-state index is 13.1. The van der Waals surface area contributed by atoms with Gasteiger partial charge in [0.25, 0.3) is 11.8 Å². The highest BCUT2D eigenvalue weighted by Gasteiger charge is 2.23. The van der Waals surface area contributed by atoms with Gasteiger partial charge in [-0.15, -0.1) is 6.42 Å². The van der Waals surface area contributed by atoms with Gasteiger partial charge in [0.15, 0.2) is 0 Å². The first-order valence-electron chi connectivity index (χ1n) is 11.6. The predicted molar refractivity (Wildman–Crippen MR) is 132 cm³/mol. The van der Waals surface area contributed by atoms with Crippen LogP contribution >= 0.6 is 0 Å². The van der Waals surface area contributed by atoms with E-state index in [9.17, 15) is 14.7 Å². The number of nitrogens with one attached hydrogen (secondary N) is 2. The third-order valence-corrected chi connectivity index (χ3v) is 5.31. The van der Waals surface area contributed by atoms with Crippen molar-refractivity contribution in [2.75, 3.05) is 26.2 Å². The molecule has 0 aliphatic heterocycles. The summed E-state index contributed by atoms with van der Waals surface area (Å²) in [5.74, 6) is 2.07. The number of amides is 2. The third-order valence-electron chi connectivity index (χ3n) is 5.31. The Hall–Kier alpha value is -3.14. The SMILES string of the molecule is C#CCNC[C@@H](O)[C@H](Cc1ccccc1)NC(=O)c1cccc(C(=O)N(CCC)CCC)c1. The largest absolute Gasteiger partial charge is 0.390 e. The minimum absolute atomic E-state index is 0.0762. The molecule has 2 aromatic carbocycles. The lowest BCUT2D eigenvalue weighted by Crippen LogP contribution is -2.48. The first-order chi connectivity index (χ1) is 16.0. The summed E-state index contributed by atoms with van der Waals surface area (Å²) in [5, 5.41) is 16.7. The number of aliphatic hydroxyl groups is 1. The lowest BCUT2D eigenvalue weighted by Gasteiger charge is -2.25. The molecule has 2 amide bonds. The molecule has 2 rings (SSSR count). The van der Waals surface area contributed by atoms with Gasteiger partial charge < -0.3 is 20.6 Å². The van der Waals surface area contributed by atoms with E-state index < -0.39 is 12.1 Å². The molecule has 0 aromatic heterocycles. The Morgan fingerprint density at radius 1 is 1.03 bits per heavy atom. The van der Waals surface area contributed by atoms with Crippen molar-refractivity contribution in [3.63, 3.8) is 0 Å². The summed E-state index contributed by atoms with van der Waals surface area (Å²) in [6.07, 6.45) is 6.65. The molecule has 3 N–H and O–H groups in total. The molecule has 6 heteroatoms. The van der Waals surface area contributed by atoms with Crippen LogP contribution in [-0.4, -0.2) is 60.1 Å². The van der Waals surface area contributed by atoms with Crippen LogP contribution in [0.2, 0.25) is 0 Å². The van der Waals surface area contributed by atoms with Crippen molar-refractivity contribution in [2.24, 2.45) is 0 Å². The minimum atomic E-state index is -0.836. The van der Waals surface area contributed by atoms with E-state index in [1.54, 1.807) is 24.3 Å². The van der Waals surface area contributed by atoms with Gasteiger partial charge in [0, 0.05) is 30.8 Å². The average Bonchev–Trinajstić information content (AvgIpc) is 2.83. The van der Waals surface area contributed by atoms with E-state index in [0.717, 1.165) is 18.4 Å². The smallest absolute Gasteiger partial charge is 0.253 e. The zero-order chi connectivity index (χ0) is 24.1. The molecule has 33 heavy (non-hydrogen) atoms. The molecule has 6 nitrogen and oxygen atoms in total. The Labute approximate surface area is 197 Å². The second-order valence-corrected chi connectivity index (χ2v) is 8.05. The highest BCUT2D eigenvalue weighted by Crippen LogP contribution is 2.12. The highest BCUT2D eigenvalue weighted by molar-refractivity contribution is 5.99. The van der Waals surface area contributed by atoms with Crippen molar-refractivity contribution in [1.82, 2.24) is 15.5 Å². The molecule has 2 atom stereocenters. The van der Waals surface area contributed by atoms with Crippen LogP contribution in [-0.2, 0) is 6.42 Å². The van der Waals surface area contributed by atoms with Crippen LogP contribution in [0.25, 0.3) is 0 Å². The van der Waals surface area contributed by atoms with Crippen molar-refractivity contribution in [2.45, 2.75) is 45.3 Å². The maximum absolute atomic E-state index is 13.1. The second kappa shape index (κ2) is 14.1. The minimum Gasteiger partial charge on any atom is -0.390 e. The Balaban J connectivity index is 2.17. The monoisotopic (exact) mass is 449 g/mol. The topological polar surface area (TPSA) is 81.7 Å². The van der Waals surface area contributed by atoms with Gasteiger partial charge in [0.1, 0.15) is 0 Å². The molecule has 0 aliphatic carbocycles. The number of benzene rings is 2. The second-order valence-electron chi connectivity index (χ2n) is 8.05. The molecule has 0 saturated heterocycles. The van der Waals surface area contributed by atoms with Gasteiger partial charge in [0.05, 0.1) is 18.7 Å². The molecule has 176 valence electrons. The fraction of sp³-hybridized carbons (Fsp3) is 0.407.